The average molecular weight is 317 g/mol. The second-order valence-corrected chi connectivity index (χ2v) is 5.48. The molecule has 0 saturated carbocycles. The van der Waals surface area contributed by atoms with Crippen LogP contribution in [0.1, 0.15) is 11.6 Å². The molecule has 1 aliphatic rings. The number of halogens is 1. The Hall–Kier alpha value is -1.65. The molecule has 0 unspecified atom stereocenters. The summed E-state index contributed by atoms with van der Waals surface area (Å²) in [5.74, 6) is -0.0286. The van der Waals surface area contributed by atoms with Crippen LogP contribution in [0.5, 0.6) is 0 Å². The summed E-state index contributed by atoms with van der Waals surface area (Å²) in [5, 5.41) is 0. The van der Waals surface area contributed by atoms with Crippen LogP contribution in [0.15, 0.2) is 59.1 Å². The third-order valence-electron chi connectivity index (χ3n) is 3.39. The second kappa shape index (κ2) is 4.79. The predicted octanol–water partition coefficient (Wildman–Crippen LogP) is 2.86. The summed E-state index contributed by atoms with van der Waals surface area (Å²) in [4.78, 5) is 13.8. The molecule has 2 atom stereocenters. The van der Waals surface area contributed by atoms with Gasteiger partial charge in [-0.1, -0.05) is 46.3 Å². The Kier molecular flexibility index (Phi) is 3.12. The van der Waals surface area contributed by atoms with Gasteiger partial charge in [0.15, 0.2) is 0 Å². The minimum absolute atomic E-state index is 0.0286. The highest BCUT2D eigenvalue weighted by atomic mass is 79.9. The van der Waals surface area contributed by atoms with E-state index in [0.717, 1.165) is 15.7 Å². The SMILES string of the molecule is N[C@H]1C(=O)N(c2ccccc2)[C@@H]1c1ccc(Br)cc1. The van der Waals surface area contributed by atoms with Crippen molar-refractivity contribution in [2.45, 2.75) is 12.1 Å². The van der Waals surface area contributed by atoms with Gasteiger partial charge in [-0.3, -0.25) is 4.79 Å². The molecular formula is C15H13BrN2O. The largest absolute Gasteiger partial charge is 0.318 e. The molecule has 19 heavy (non-hydrogen) atoms. The Labute approximate surface area is 120 Å². The number of para-hydroxylation sites is 1. The van der Waals surface area contributed by atoms with Crippen LogP contribution in [0.2, 0.25) is 0 Å². The molecular weight excluding hydrogens is 304 g/mol. The molecule has 1 amide bonds. The second-order valence-electron chi connectivity index (χ2n) is 4.57. The van der Waals surface area contributed by atoms with Crippen LogP contribution in [0.3, 0.4) is 0 Å². The monoisotopic (exact) mass is 316 g/mol. The van der Waals surface area contributed by atoms with Gasteiger partial charge >= 0.3 is 0 Å². The molecule has 2 aromatic rings. The summed E-state index contributed by atoms with van der Waals surface area (Å²) >= 11 is 3.41. The molecule has 2 N–H and O–H groups in total. The van der Waals surface area contributed by atoms with Gasteiger partial charge in [0.25, 0.3) is 0 Å². The van der Waals surface area contributed by atoms with E-state index in [1.165, 1.54) is 0 Å². The zero-order chi connectivity index (χ0) is 13.4. The van der Waals surface area contributed by atoms with Crippen molar-refractivity contribution in [3.63, 3.8) is 0 Å². The Morgan fingerprint density at radius 2 is 1.63 bits per heavy atom. The maximum absolute atomic E-state index is 12.0. The van der Waals surface area contributed by atoms with Gasteiger partial charge in [0, 0.05) is 10.2 Å². The number of rotatable bonds is 2. The van der Waals surface area contributed by atoms with E-state index in [0.29, 0.717) is 0 Å². The molecule has 3 nitrogen and oxygen atoms in total. The number of β-lactam (4-membered cyclic amide) rings is 1. The van der Waals surface area contributed by atoms with Crippen LogP contribution in [0, 0.1) is 0 Å². The first-order valence-corrected chi connectivity index (χ1v) is 6.87. The van der Waals surface area contributed by atoms with Crippen molar-refractivity contribution in [2.24, 2.45) is 5.73 Å². The smallest absolute Gasteiger partial charge is 0.247 e. The Morgan fingerprint density at radius 1 is 1.00 bits per heavy atom. The molecule has 0 aromatic heterocycles. The maximum atomic E-state index is 12.0. The van der Waals surface area contributed by atoms with Gasteiger partial charge in [-0.15, -0.1) is 0 Å². The third-order valence-corrected chi connectivity index (χ3v) is 3.92. The lowest BCUT2D eigenvalue weighted by molar-refractivity contribution is -0.126. The first-order chi connectivity index (χ1) is 9.18. The van der Waals surface area contributed by atoms with Crippen LogP contribution < -0.4 is 10.6 Å². The van der Waals surface area contributed by atoms with E-state index < -0.39 is 6.04 Å². The molecule has 0 aliphatic carbocycles. The van der Waals surface area contributed by atoms with Crippen molar-refractivity contribution in [3.8, 4) is 0 Å². The van der Waals surface area contributed by atoms with Gasteiger partial charge < -0.3 is 10.6 Å². The fourth-order valence-electron chi connectivity index (χ4n) is 2.40. The normalized spacial score (nSPS) is 22.2. The van der Waals surface area contributed by atoms with E-state index >= 15 is 0 Å². The summed E-state index contributed by atoms with van der Waals surface area (Å²) in [6.07, 6.45) is 0. The number of benzene rings is 2. The minimum atomic E-state index is -0.457. The van der Waals surface area contributed by atoms with Gasteiger partial charge in [0.2, 0.25) is 5.91 Å². The Morgan fingerprint density at radius 3 is 2.26 bits per heavy atom. The number of hydrogen-bond acceptors (Lipinski definition) is 2. The topological polar surface area (TPSA) is 46.3 Å². The molecule has 1 heterocycles. The van der Waals surface area contributed by atoms with Gasteiger partial charge in [-0.25, -0.2) is 0 Å². The van der Waals surface area contributed by atoms with Crippen molar-refractivity contribution >= 4 is 27.5 Å². The summed E-state index contributed by atoms with van der Waals surface area (Å²) in [6.45, 7) is 0. The number of carbonyl (C=O) groups is 1. The standard InChI is InChI=1S/C15H13BrN2O/c16-11-8-6-10(7-9-11)14-13(17)15(19)18(14)12-4-2-1-3-5-12/h1-9,13-14H,17H2/t13-,14-/m1/s1. The maximum Gasteiger partial charge on any atom is 0.247 e. The number of hydrogen-bond donors (Lipinski definition) is 1. The molecule has 4 heteroatoms. The van der Waals surface area contributed by atoms with Crippen molar-refractivity contribution in [3.05, 3.63) is 64.6 Å². The minimum Gasteiger partial charge on any atom is -0.318 e. The molecule has 2 aromatic carbocycles. The molecule has 0 bridgehead atoms. The van der Waals surface area contributed by atoms with Crippen LogP contribution in [0.25, 0.3) is 0 Å². The van der Waals surface area contributed by atoms with Crippen molar-refractivity contribution in [1.29, 1.82) is 0 Å². The molecule has 0 radical (unpaired) electrons. The van der Waals surface area contributed by atoms with Crippen molar-refractivity contribution < 1.29 is 4.79 Å². The van der Waals surface area contributed by atoms with E-state index in [2.05, 4.69) is 15.9 Å². The zero-order valence-electron chi connectivity index (χ0n) is 10.2. The lowest BCUT2D eigenvalue weighted by atomic mass is 9.88. The number of anilines is 1. The fourth-order valence-corrected chi connectivity index (χ4v) is 2.67. The Bertz CT molecular complexity index is 597. The zero-order valence-corrected chi connectivity index (χ0v) is 11.7. The predicted molar refractivity (Wildman–Crippen MR) is 78.8 cm³/mol. The van der Waals surface area contributed by atoms with Crippen LogP contribution >= 0.6 is 15.9 Å². The Balaban J connectivity index is 1.96. The van der Waals surface area contributed by atoms with Gasteiger partial charge in [-0.05, 0) is 29.8 Å². The van der Waals surface area contributed by atoms with E-state index in [-0.39, 0.29) is 11.9 Å². The van der Waals surface area contributed by atoms with Crippen LogP contribution in [-0.2, 0) is 4.79 Å². The van der Waals surface area contributed by atoms with E-state index in [1.807, 2.05) is 54.6 Å². The fraction of sp³-hybridized carbons (Fsp3) is 0.133. The molecule has 1 fully saturated rings. The molecule has 3 rings (SSSR count). The van der Waals surface area contributed by atoms with Crippen molar-refractivity contribution in [2.75, 3.05) is 4.90 Å². The van der Waals surface area contributed by atoms with E-state index in [1.54, 1.807) is 4.90 Å². The van der Waals surface area contributed by atoms with E-state index in [9.17, 15) is 4.79 Å². The van der Waals surface area contributed by atoms with Gasteiger partial charge in [0.1, 0.15) is 6.04 Å². The van der Waals surface area contributed by atoms with Gasteiger partial charge in [0.05, 0.1) is 6.04 Å². The highest BCUT2D eigenvalue weighted by Gasteiger charge is 2.46. The van der Waals surface area contributed by atoms with E-state index in [4.69, 9.17) is 5.73 Å². The summed E-state index contributed by atoms with van der Waals surface area (Å²) in [6, 6.07) is 17.0. The van der Waals surface area contributed by atoms with Crippen LogP contribution in [0.4, 0.5) is 5.69 Å². The quantitative estimate of drug-likeness (QED) is 0.866. The third kappa shape index (κ3) is 2.07. The lowest BCUT2D eigenvalue weighted by Crippen LogP contribution is -2.63. The highest BCUT2D eigenvalue weighted by Crippen LogP contribution is 2.38. The molecule has 0 spiro atoms. The first kappa shape index (κ1) is 12.4. The summed E-state index contributed by atoms with van der Waals surface area (Å²) < 4.78 is 1.02. The lowest BCUT2D eigenvalue weighted by Gasteiger charge is -2.45. The van der Waals surface area contributed by atoms with Gasteiger partial charge in [-0.2, -0.15) is 0 Å². The highest BCUT2D eigenvalue weighted by molar-refractivity contribution is 9.10. The summed E-state index contributed by atoms with van der Waals surface area (Å²) in [5.41, 5.74) is 7.91. The first-order valence-electron chi connectivity index (χ1n) is 6.07. The average Bonchev–Trinajstić information content (AvgIpc) is 2.46. The summed E-state index contributed by atoms with van der Waals surface area (Å²) in [7, 11) is 0. The van der Waals surface area contributed by atoms with Crippen molar-refractivity contribution in [1.82, 2.24) is 0 Å². The number of nitrogens with two attached hydrogens (primary N) is 1. The van der Waals surface area contributed by atoms with Crippen LogP contribution in [-0.4, -0.2) is 11.9 Å². The number of amides is 1. The molecule has 1 aliphatic heterocycles. The number of carbonyl (C=O) groups excluding carboxylic acids is 1. The molecule has 96 valence electrons. The molecule has 1 saturated heterocycles. The number of nitrogens with zero attached hydrogens (tertiary/aromatic N) is 1.